The number of fused-ring (bicyclic) bond motifs is 1. The van der Waals surface area contributed by atoms with E-state index in [1.807, 2.05) is 42.7 Å². The van der Waals surface area contributed by atoms with E-state index in [0.29, 0.717) is 6.54 Å². The van der Waals surface area contributed by atoms with Crippen molar-refractivity contribution in [2.75, 3.05) is 0 Å². The molecule has 84 valence electrons. The molecule has 3 aromatic rings. The predicted molar refractivity (Wildman–Crippen MR) is 67.3 cm³/mol. The maximum Gasteiger partial charge on any atom is 0.136 e. The Morgan fingerprint density at radius 1 is 1.06 bits per heavy atom. The molecule has 0 radical (unpaired) electrons. The van der Waals surface area contributed by atoms with Gasteiger partial charge in [-0.2, -0.15) is 0 Å². The van der Waals surface area contributed by atoms with E-state index in [0.717, 1.165) is 27.9 Å². The van der Waals surface area contributed by atoms with E-state index in [9.17, 15) is 0 Å². The molecule has 1 aromatic carbocycles. The molecule has 0 unspecified atom stereocenters. The summed E-state index contributed by atoms with van der Waals surface area (Å²) >= 11 is 0. The molecule has 0 fully saturated rings. The van der Waals surface area contributed by atoms with Crippen LogP contribution in [0, 0.1) is 0 Å². The predicted octanol–water partition coefficient (Wildman–Crippen LogP) is 2.95. The van der Waals surface area contributed by atoms with Crippen LogP contribution in [-0.4, -0.2) is 4.98 Å². The quantitative estimate of drug-likeness (QED) is 0.728. The van der Waals surface area contributed by atoms with Crippen molar-refractivity contribution in [3.8, 4) is 11.3 Å². The molecule has 0 atom stereocenters. The lowest BCUT2D eigenvalue weighted by Gasteiger charge is -2.02. The van der Waals surface area contributed by atoms with E-state index in [1.54, 1.807) is 0 Å². The summed E-state index contributed by atoms with van der Waals surface area (Å²) < 4.78 is 5.66. The minimum Gasteiger partial charge on any atom is -0.460 e. The van der Waals surface area contributed by atoms with Crippen molar-refractivity contribution in [1.82, 2.24) is 4.98 Å². The van der Waals surface area contributed by atoms with Gasteiger partial charge < -0.3 is 10.2 Å². The number of hydrogen-bond acceptors (Lipinski definition) is 3. The molecule has 0 aliphatic heterocycles. The SMILES string of the molecule is NCc1ccc(-c2cncc3ccccc23)o1. The lowest BCUT2D eigenvalue weighted by molar-refractivity contribution is 0.525. The highest BCUT2D eigenvalue weighted by atomic mass is 16.3. The summed E-state index contributed by atoms with van der Waals surface area (Å²) in [6.07, 6.45) is 3.67. The first-order valence-electron chi connectivity index (χ1n) is 5.50. The third kappa shape index (κ3) is 1.70. The van der Waals surface area contributed by atoms with Crippen LogP contribution in [0.4, 0.5) is 0 Å². The summed E-state index contributed by atoms with van der Waals surface area (Å²) in [5.74, 6) is 1.60. The highest BCUT2D eigenvalue weighted by Gasteiger charge is 2.07. The zero-order valence-electron chi connectivity index (χ0n) is 9.26. The molecule has 3 rings (SSSR count). The Morgan fingerprint density at radius 3 is 2.76 bits per heavy atom. The van der Waals surface area contributed by atoms with Gasteiger partial charge in [-0.3, -0.25) is 4.98 Å². The fourth-order valence-corrected chi connectivity index (χ4v) is 1.95. The Labute approximate surface area is 98.9 Å². The first kappa shape index (κ1) is 10.1. The molecular weight excluding hydrogens is 212 g/mol. The molecule has 0 aliphatic carbocycles. The molecule has 0 amide bonds. The van der Waals surface area contributed by atoms with Gasteiger partial charge in [-0.25, -0.2) is 0 Å². The zero-order valence-corrected chi connectivity index (χ0v) is 9.26. The maximum atomic E-state index is 5.66. The van der Waals surface area contributed by atoms with Gasteiger partial charge in [0, 0.05) is 23.3 Å². The summed E-state index contributed by atoms with van der Waals surface area (Å²) in [5.41, 5.74) is 6.55. The van der Waals surface area contributed by atoms with E-state index in [-0.39, 0.29) is 0 Å². The largest absolute Gasteiger partial charge is 0.460 e. The standard InChI is InChI=1S/C14H12N2O/c15-7-11-5-6-14(17-11)13-9-16-8-10-3-1-2-4-12(10)13/h1-6,8-9H,7,15H2. The van der Waals surface area contributed by atoms with Crippen molar-refractivity contribution < 1.29 is 4.42 Å². The molecule has 0 saturated heterocycles. The van der Waals surface area contributed by atoms with Crippen molar-refractivity contribution in [1.29, 1.82) is 0 Å². The zero-order chi connectivity index (χ0) is 11.7. The molecule has 0 bridgehead atoms. The molecule has 2 aromatic heterocycles. The second-order valence-electron chi connectivity index (χ2n) is 3.88. The smallest absolute Gasteiger partial charge is 0.136 e. The van der Waals surface area contributed by atoms with Gasteiger partial charge in [0.15, 0.2) is 0 Å². The minimum atomic E-state index is 0.415. The molecule has 0 saturated carbocycles. The lowest BCUT2D eigenvalue weighted by atomic mass is 10.1. The van der Waals surface area contributed by atoms with Crippen LogP contribution in [0.2, 0.25) is 0 Å². The summed E-state index contributed by atoms with van der Waals surface area (Å²) in [6, 6.07) is 12.0. The van der Waals surface area contributed by atoms with Crippen LogP contribution in [0.15, 0.2) is 53.2 Å². The van der Waals surface area contributed by atoms with Gasteiger partial charge in [0.25, 0.3) is 0 Å². The van der Waals surface area contributed by atoms with Crippen molar-refractivity contribution in [2.24, 2.45) is 5.73 Å². The summed E-state index contributed by atoms with van der Waals surface area (Å²) in [5, 5.41) is 2.25. The Balaban J connectivity index is 2.23. The van der Waals surface area contributed by atoms with Gasteiger partial charge in [-0.15, -0.1) is 0 Å². The van der Waals surface area contributed by atoms with Gasteiger partial charge in [-0.1, -0.05) is 24.3 Å². The number of rotatable bonds is 2. The molecule has 3 nitrogen and oxygen atoms in total. The Morgan fingerprint density at radius 2 is 1.94 bits per heavy atom. The van der Waals surface area contributed by atoms with Crippen LogP contribution in [0.1, 0.15) is 5.76 Å². The van der Waals surface area contributed by atoms with Gasteiger partial charge in [-0.05, 0) is 17.5 Å². The maximum absolute atomic E-state index is 5.66. The number of benzene rings is 1. The van der Waals surface area contributed by atoms with Crippen molar-refractivity contribution in [2.45, 2.75) is 6.54 Å². The highest BCUT2D eigenvalue weighted by Crippen LogP contribution is 2.28. The van der Waals surface area contributed by atoms with Crippen LogP contribution in [0.25, 0.3) is 22.1 Å². The van der Waals surface area contributed by atoms with Gasteiger partial charge in [0.1, 0.15) is 11.5 Å². The van der Waals surface area contributed by atoms with Crippen molar-refractivity contribution >= 4 is 10.8 Å². The van der Waals surface area contributed by atoms with Crippen LogP contribution in [-0.2, 0) is 6.54 Å². The van der Waals surface area contributed by atoms with E-state index < -0.39 is 0 Å². The average Bonchev–Trinajstić information content (AvgIpc) is 2.87. The van der Waals surface area contributed by atoms with E-state index >= 15 is 0 Å². The first-order chi connectivity index (χ1) is 8.38. The summed E-state index contributed by atoms with van der Waals surface area (Å²) in [6.45, 7) is 0.415. The van der Waals surface area contributed by atoms with Crippen LogP contribution in [0.3, 0.4) is 0 Å². The monoisotopic (exact) mass is 224 g/mol. The summed E-state index contributed by atoms with van der Waals surface area (Å²) in [7, 11) is 0. The second kappa shape index (κ2) is 4.03. The highest BCUT2D eigenvalue weighted by molar-refractivity contribution is 5.94. The Hall–Kier alpha value is -2.13. The van der Waals surface area contributed by atoms with Crippen molar-refractivity contribution in [3.05, 3.63) is 54.6 Å². The van der Waals surface area contributed by atoms with Gasteiger partial charge >= 0.3 is 0 Å². The normalized spacial score (nSPS) is 10.9. The van der Waals surface area contributed by atoms with Crippen LogP contribution in [0.5, 0.6) is 0 Å². The number of furan rings is 1. The van der Waals surface area contributed by atoms with Gasteiger partial charge in [0.2, 0.25) is 0 Å². The molecular formula is C14H12N2O. The number of nitrogens with zero attached hydrogens (tertiary/aromatic N) is 1. The molecule has 2 N–H and O–H groups in total. The van der Waals surface area contributed by atoms with E-state index in [1.165, 1.54) is 0 Å². The molecule has 3 heteroatoms. The van der Waals surface area contributed by atoms with Crippen LogP contribution >= 0.6 is 0 Å². The molecule has 17 heavy (non-hydrogen) atoms. The second-order valence-corrected chi connectivity index (χ2v) is 3.88. The van der Waals surface area contributed by atoms with Crippen molar-refractivity contribution in [3.63, 3.8) is 0 Å². The summed E-state index contributed by atoms with van der Waals surface area (Å²) in [4.78, 5) is 4.23. The number of pyridine rings is 1. The topological polar surface area (TPSA) is 52.0 Å². The average molecular weight is 224 g/mol. The van der Waals surface area contributed by atoms with Gasteiger partial charge in [0.05, 0.1) is 6.54 Å². The molecule has 0 aliphatic rings. The molecule has 0 spiro atoms. The lowest BCUT2D eigenvalue weighted by Crippen LogP contribution is -1.92. The number of hydrogen-bond donors (Lipinski definition) is 1. The number of aromatic nitrogens is 1. The molecule has 2 heterocycles. The minimum absolute atomic E-state index is 0.415. The third-order valence-corrected chi connectivity index (χ3v) is 2.80. The fourth-order valence-electron chi connectivity index (χ4n) is 1.95. The fraction of sp³-hybridized carbons (Fsp3) is 0.0714. The first-order valence-corrected chi connectivity index (χ1v) is 5.50. The number of nitrogens with two attached hydrogens (primary N) is 1. The third-order valence-electron chi connectivity index (χ3n) is 2.80. The Kier molecular flexibility index (Phi) is 2.38. The van der Waals surface area contributed by atoms with E-state index in [2.05, 4.69) is 11.1 Å². The van der Waals surface area contributed by atoms with E-state index in [4.69, 9.17) is 10.2 Å². The Bertz CT molecular complexity index is 653. The van der Waals surface area contributed by atoms with Crippen LogP contribution < -0.4 is 5.73 Å².